The summed E-state index contributed by atoms with van der Waals surface area (Å²) < 4.78 is 6.29. The molecule has 1 aliphatic rings. The first-order chi connectivity index (χ1) is 9.67. The second-order valence-corrected chi connectivity index (χ2v) is 7.04. The van der Waals surface area contributed by atoms with Crippen molar-refractivity contribution in [3.63, 3.8) is 0 Å². The van der Waals surface area contributed by atoms with Gasteiger partial charge in [0.05, 0.1) is 25.9 Å². The maximum atomic E-state index is 10.1. The molecule has 1 aromatic heterocycles. The second kappa shape index (κ2) is 8.26. The molecule has 0 aromatic carbocycles. The average molecular weight is 318 g/mol. The lowest BCUT2D eigenvalue weighted by atomic mass is 10.3. The Morgan fingerprint density at radius 1 is 1.45 bits per heavy atom. The number of aromatic nitrogens is 2. The van der Waals surface area contributed by atoms with E-state index in [9.17, 15) is 5.11 Å². The third kappa shape index (κ3) is 5.27. The Morgan fingerprint density at radius 3 is 2.85 bits per heavy atom. The van der Waals surface area contributed by atoms with Gasteiger partial charge in [0.1, 0.15) is 5.01 Å². The van der Waals surface area contributed by atoms with Gasteiger partial charge in [-0.1, -0.05) is 23.1 Å². The fraction of sp³-hybridized carbons (Fsp3) is 0.833. The highest BCUT2D eigenvalue weighted by Gasteiger charge is 2.17. The van der Waals surface area contributed by atoms with Gasteiger partial charge in [0, 0.05) is 26.2 Å². The van der Waals surface area contributed by atoms with Crippen molar-refractivity contribution in [2.45, 2.75) is 17.0 Å². The molecule has 2 heterocycles. The standard InChI is InChI=1S/C12H22N4O2S2/c1-15(9-11-13-14-12(19-2)20-11)7-10(17)8-16-3-5-18-6-4-16/h10,17H,3-9H2,1-2H3. The van der Waals surface area contributed by atoms with Crippen molar-refractivity contribution in [1.82, 2.24) is 20.0 Å². The number of hydrogen-bond donors (Lipinski definition) is 1. The highest BCUT2D eigenvalue weighted by molar-refractivity contribution is 8.00. The van der Waals surface area contributed by atoms with E-state index < -0.39 is 0 Å². The lowest BCUT2D eigenvalue weighted by Crippen LogP contribution is -2.43. The summed E-state index contributed by atoms with van der Waals surface area (Å²) in [5.74, 6) is 0. The number of hydrogen-bond acceptors (Lipinski definition) is 8. The van der Waals surface area contributed by atoms with E-state index in [1.54, 1.807) is 23.1 Å². The maximum Gasteiger partial charge on any atom is 0.174 e. The highest BCUT2D eigenvalue weighted by Crippen LogP contribution is 2.20. The minimum Gasteiger partial charge on any atom is -0.390 e. The summed E-state index contributed by atoms with van der Waals surface area (Å²) in [6.07, 6.45) is 1.66. The Labute approximate surface area is 128 Å². The molecule has 6 nitrogen and oxygen atoms in total. The van der Waals surface area contributed by atoms with Crippen LogP contribution in [0.2, 0.25) is 0 Å². The molecule has 0 spiro atoms. The highest BCUT2D eigenvalue weighted by atomic mass is 32.2. The molecule has 0 radical (unpaired) electrons. The normalized spacial score (nSPS) is 18.6. The fourth-order valence-corrected chi connectivity index (χ4v) is 3.57. The summed E-state index contributed by atoms with van der Waals surface area (Å²) in [6, 6.07) is 0. The van der Waals surface area contributed by atoms with Crippen LogP contribution < -0.4 is 0 Å². The Balaban J connectivity index is 1.71. The van der Waals surface area contributed by atoms with Crippen LogP contribution in [-0.4, -0.2) is 83.9 Å². The molecule has 0 saturated carbocycles. The average Bonchev–Trinajstić information content (AvgIpc) is 2.87. The van der Waals surface area contributed by atoms with Crippen LogP contribution in [0.25, 0.3) is 0 Å². The van der Waals surface area contributed by atoms with E-state index in [0.29, 0.717) is 13.1 Å². The molecule has 0 amide bonds. The number of rotatable bonds is 7. The Hall–Kier alpha value is -0.250. The molecule has 1 atom stereocenters. The van der Waals surface area contributed by atoms with Crippen LogP contribution in [-0.2, 0) is 11.3 Å². The summed E-state index contributed by atoms with van der Waals surface area (Å²) in [4.78, 5) is 4.34. The van der Waals surface area contributed by atoms with E-state index in [4.69, 9.17) is 4.74 Å². The monoisotopic (exact) mass is 318 g/mol. The molecular formula is C12H22N4O2S2. The van der Waals surface area contributed by atoms with E-state index in [1.807, 2.05) is 13.3 Å². The van der Waals surface area contributed by atoms with E-state index in [0.717, 1.165) is 42.2 Å². The predicted octanol–water partition coefficient (Wildman–Crippen LogP) is 0.385. The zero-order valence-corrected chi connectivity index (χ0v) is 13.6. The van der Waals surface area contributed by atoms with Gasteiger partial charge in [-0.3, -0.25) is 9.80 Å². The minimum atomic E-state index is -0.342. The van der Waals surface area contributed by atoms with Gasteiger partial charge >= 0.3 is 0 Å². The SMILES string of the molecule is CSc1nnc(CN(C)CC(O)CN2CCOCC2)s1. The van der Waals surface area contributed by atoms with Crippen LogP contribution in [0.1, 0.15) is 5.01 Å². The largest absolute Gasteiger partial charge is 0.390 e. The van der Waals surface area contributed by atoms with Crippen LogP contribution in [0.15, 0.2) is 4.34 Å². The van der Waals surface area contributed by atoms with Crippen molar-refractivity contribution in [2.24, 2.45) is 0 Å². The quantitative estimate of drug-likeness (QED) is 0.730. The maximum absolute atomic E-state index is 10.1. The first-order valence-corrected chi connectivity index (χ1v) is 8.74. The topological polar surface area (TPSA) is 61.7 Å². The van der Waals surface area contributed by atoms with Gasteiger partial charge in [0.2, 0.25) is 0 Å². The molecule has 8 heteroatoms. The van der Waals surface area contributed by atoms with Gasteiger partial charge in [-0.05, 0) is 13.3 Å². The summed E-state index contributed by atoms with van der Waals surface area (Å²) in [5.41, 5.74) is 0. The molecule has 1 saturated heterocycles. The molecule has 2 rings (SSSR count). The minimum absolute atomic E-state index is 0.342. The Kier molecular flexibility index (Phi) is 6.66. The van der Waals surface area contributed by atoms with E-state index >= 15 is 0 Å². The zero-order valence-electron chi connectivity index (χ0n) is 12.0. The molecule has 1 aromatic rings. The number of thioether (sulfide) groups is 1. The smallest absolute Gasteiger partial charge is 0.174 e. The van der Waals surface area contributed by atoms with Crippen molar-refractivity contribution >= 4 is 23.1 Å². The summed E-state index contributed by atoms with van der Waals surface area (Å²) in [6.45, 7) is 5.45. The molecule has 0 bridgehead atoms. The number of nitrogens with zero attached hydrogens (tertiary/aromatic N) is 4. The molecule has 0 aliphatic carbocycles. The van der Waals surface area contributed by atoms with Gasteiger partial charge < -0.3 is 9.84 Å². The van der Waals surface area contributed by atoms with Crippen molar-refractivity contribution in [3.05, 3.63) is 5.01 Å². The van der Waals surface area contributed by atoms with Crippen molar-refractivity contribution in [1.29, 1.82) is 0 Å². The Morgan fingerprint density at radius 2 is 2.20 bits per heavy atom. The van der Waals surface area contributed by atoms with Crippen molar-refractivity contribution < 1.29 is 9.84 Å². The molecule has 1 unspecified atom stereocenters. The first kappa shape index (κ1) is 16.1. The number of morpholine rings is 1. The molecule has 1 fully saturated rings. The van der Waals surface area contributed by atoms with Gasteiger partial charge in [-0.15, -0.1) is 10.2 Å². The first-order valence-electron chi connectivity index (χ1n) is 6.70. The van der Waals surface area contributed by atoms with Gasteiger partial charge in [0.25, 0.3) is 0 Å². The molecule has 1 aliphatic heterocycles. The van der Waals surface area contributed by atoms with Gasteiger partial charge in [-0.2, -0.15) is 0 Å². The summed E-state index contributed by atoms with van der Waals surface area (Å²) in [5, 5.41) is 19.4. The fourth-order valence-electron chi connectivity index (χ4n) is 2.18. The number of ether oxygens (including phenoxy) is 1. The van der Waals surface area contributed by atoms with Gasteiger partial charge in [-0.25, -0.2) is 0 Å². The van der Waals surface area contributed by atoms with E-state index in [-0.39, 0.29) is 6.10 Å². The molecule has 20 heavy (non-hydrogen) atoms. The Bertz CT molecular complexity index is 399. The van der Waals surface area contributed by atoms with Crippen LogP contribution in [0.4, 0.5) is 0 Å². The van der Waals surface area contributed by atoms with Crippen molar-refractivity contribution in [2.75, 3.05) is 52.7 Å². The van der Waals surface area contributed by atoms with Crippen LogP contribution in [0.3, 0.4) is 0 Å². The van der Waals surface area contributed by atoms with Crippen molar-refractivity contribution in [3.8, 4) is 0 Å². The summed E-state index contributed by atoms with van der Waals surface area (Å²) in [7, 11) is 2.00. The predicted molar refractivity (Wildman–Crippen MR) is 81.3 cm³/mol. The second-order valence-electron chi connectivity index (χ2n) is 4.93. The lowest BCUT2D eigenvalue weighted by molar-refractivity contribution is 0.00824. The number of likely N-dealkylation sites (N-methyl/N-ethyl adjacent to an activating group) is 1. The third-order valence-corrected chi connectivity index (χ3v) is 5.01. The zero-order chi connectivity index (χ0) is 14.4. The van der Waals surface area contributed by atoms with Crippen LogP contribution >= 0.6 is 23.1 Å². The van der Waals surface area contributed by atoms with Gasteiger partial charge in [0.15, 0.2) is 4.34 Å². The van der Waals surface area contributed by atoms with E-state index in [2.05, 4.69) is 20.0 Å². The van der Waals surface area contributed by atoms with Crippen LogP contribution in [0.5, 0.6) is 0 Å². The number of β-amino-alcohol motifs (C(OH)–C–C–N with tert-alkyl or cyclic N) is 1. The molecule has 1 N–H and O–H groups in total. The number of aliphatic hydroxyl groups is 1. The van der Waals surface area contributed by atoms with Crippen LogP contribution in [0, 0.1) is 0 Å². The van der Waals surface area contributed by atoms with E-state index in [1.165, 1.54) is 0 Å². The molecule has 114 valence electrons. The lowest BCUT2D eigenvalue weighted by Gasteiger charge is -2.29. The number of aliphatic hydroxyl groups excluding tert-OH is 1. The third-order valence-electron chi connectivity index (χ3n) is 3.12. The summed E-state index contributed by atoms with van der Waals surface area (Å²) >= 11 is 3.23. The molecular weight excluding hydrogens is 296 g/mol.